The number of nitrogens with one attached hydrogen (secondary N) is 1. The zero-order valence-electron chi connectivity index (χ0n) is 15.2. The van der Waals surface area contributed by atoms with Gasteiger partial charge in [0.25, 0.3) is 0 Å². The molecular formula is C19H25N3O2S. The van der Waals surface area contributed by atoms with E-state index in [2.05, 4.69) is 5.32 Å². The maximum atomic E-state index is 12.6. The minimum atomic E-state index is -0.274. The Bertz CT molecular complexity index is 696. The van der Waals surface area contributed by atoms with Gasteiger partial charge in [-0.25, -0.2) is 0 Å². The molecule has 25 heavy (non-hydrogen) atoms. The summed E-state index contributed by atoms with van der Waals surface area (Å²) >= 11 is 1.54. The molecule has 2 amide bonds. The fraction of sp³-hybridized carbons (Fsp3) is 0.368. The van der Waals surface area contributed by atoms with E-state index in [0.29, 0.717) is 6.54 Å². The Morgan fingerprint density at radius 1 is 1.12 bits per heavy atom. The fourth-order valence-corrected chi connectivity index (χ4v) is 3.33. The van der Waals surface area contributed by atoms with Crippen molar-refractivity contribution in [3.8, 4) is 0 Å². The molecule has 0 unspecified atom stereocenters. The summed E-state index contributed by atoms with van der Waals surface area (Å²) in [6.07, 6.45) is 0.256. The molecule has 0 fully saturated rings. The molecule has 0 bridgehead atoms. The normalized spacial score (nSPS) is 11.7. The molecule has 1 N–H and O–H groups in total. The zero-order chi connectivity index (χ0) is 18.4. The van der Waals surface area contributed by atoms with E-state index in [4.69, 9.17) is 0 Å². The summed E-state index contributed by atoms with van der Waals surface area (Å²) in [6, 6.07) is 11.7. The Morgan fingerprint density at radius 2 is 1.80 bits per heavy atom. The first-order valence-corrected chi connectivity index (χ1v) is 9.05. The first-order valence-electron chi connectivity index (χ1n) is 8.17. The molecule has 0 aliphatic heterocycles. The SMILES string of the molecule is CC(=O)N[C@H](CC(=O)N(C)Cc1ccc(N(C)C)cc1)c1cccs1. The van der Waals surface area contributed by atoms with Crippen molar-refractivity contribution in [1.29, 1.82) is 0 Å². The standard InChI is InChI=1S/C19H25N3O2S/c1-14(23)20-17(18-6-5-11-25-18)12-19(24)22(4)13-15-7-9-16(10-8-15)21(2)3/h5-11,17H,12-13H2,1-4H3,(H,20,23)/t17-/m1/s1. The van der Waals surface area contributed by atoms with Gasteiger partial charge in [-0.3, -0.25) is 9.59 Å². The lowest BCUT2D eigenvalue weighted by Crippen LogP contribution is -2.33. The summed E-state index contributed by atoms with van der Waals surface area (Å²) in [4.78, 5) is 28.8. The number of hydrogen-bond acceptors (Lipinski definition) is 4. The van der Waals surface area contributed by atoms with Gasteiger partial charge in [-0.1, -0.05) is 18.2 Å². The average molecular weight is 359 g/mol. The minimum absolute atomic E-state index is 0.00355. The van der Waals surface area contributed by atoms with Gasteiger partial charge in [-0.15, -0.1) is 11.3 Å². The molecule has 6 heteroatoms. The molecule has 0 aliphatic carbocycles. The third-order valence-corrected chi connectivity index (χ3v) is 4.93. The van der Waals surface area contributed by atoms with Crippen LogP contribution in [0.25, 0.3) is 0 Å². The highest BCUT2D eigenvalue weighted by Gasteiger charge is 2.20. The van der Waals surface area contributed by atoms with E-state index in [0.717, 1.165) is 16.1 Å². The van der Waals surface area contributed by atoms with Crippen molar-refractivity contribution >= 4 is 28.8 Å². The Balaban J connectivity index is 1.99. The summed E-state index contributed by atoms with van der Waals surface area (Å²) in [5.74, 6) is -0.128. The molecule has 0 spiro atoms. The molecule has 1 heterocycles. The highest BCUT2D eigenvalue weighted by atomic mass is 32.1. The maximum absolute atomic E-state index is 12.6. The first kappa shape index (κ1) is 19.0. The third kappa shape index (κ3) is 5.60. The number of rotatable bonds is 7. The average Bonchev–Trinajstić information content (AvgIpc) is 3.08. The molecule has 5 nitrogen and oxygen atoms in total. The van der Waals surface area contributed by atoms with Gasteiger partial charge in [0, 0.05) is 45.2 Å². The number of nitrogens with zero attached hydrogens (tertiary/aromatic N) is 2. The molecule has 1 aromatic heterocycles. The van der Waals surface area contributed by atoms with E-state index < -0.39 is 0 Å². The predicted molar refractivity (Wildman–Crippen MR) is 103 cm³/mol. The van der Waals surface area contributed by atoms with Crippen LogP contribution >= 0.6 is 11.3 Å². The number of carbonyl (C=O) groups excluding carboxylic acids is 2. The fourth-order valence-electron chi connectivity index (χ4n) is 2.55. The van der Waals surface area contributed by atoms with Crippen molar-refractivity contribution in [2.24, 2.45) is 0 Å². The summed E-state index contributed by atoms with van der Waals surface area (Å²) < 4.78 is 0. The number of anilines is 1. The summed E-state index contributed by atoms with van der Waals surface area (Å²) in [7, 11) is 5.79. The maximum Gasteiger partial charge on any atom is 0.225 e. The molecular weight excluding hydrogens is 334 g/mol. The number of carbonyl (C=O) groups is 2. The second kappa shape index (κ2) is 8.67. The van der Waals surface area contributed by atoms with Gasteiger partial charge in [0.05, 0.1) is 12.5 Å². The van der Waals surface area contributed by atoms with Crippen LogP contribution in [0.2, 0.25) is 0 Å². The zero-order valence-corrected chi connectivity index (χ0v) is 16.0. The number of thiophene rings is 1. The van der Waals surface area contributed by atoms with Gasteiger partial charge in [-0.05, 0) is 29.1 Å². The van der Waals surface area contributed by atoms with Crippen LogP contribution in [-0.2, 0) is 16.1 Å². The molecule has 0 saturated carbocycles. The second-order valence-corrected chi connectivity index (χ2v) is 7.26. The first-order chi connectivity index (χ1) is 11.9. The number of benzene rings is 1. The van der Waals surface area contributed by atoms with Crippen molar-refractivity contribution in [2.45, 2.75) is 25.9 Å². The smallest absolute Gasteiger partial charge is 0.225 e. The summed E-state index contributed by atoms with van der Waals surface area (Å²) in [5, 5.41) is 4.82. The van der Waals surface area contributed by atoms with Crippen molar-refractivity contribution in [2.75, 3.05) is 26.0 Å². The Hall–Kier alpha value is -2.34. The summed E-state index contributed by atoms with van der Waals surface area (Å²) in [5.41, 5.74) is 2.20. The Kier molecular flexibility index (Phi) is 6.58. The molecule has 2 aromatic rings. The van der Waals surface area contributed by atoms with Gasteiger partial charge in [-0.2, -0.15) is 0 Å². The lowest BCUT2D eigenvalue weighted by molar-refractivity contribution is -0.131. The van der Waals surface area contributed by atoms with Crippen LogP contribution in [0, 0.1) is 0 Å². The van der Waals surface area contributed by atoms with Crippen LogP contribution in [0.15, 0.2) is 41.8 Å². The molecule has 0 aliphatic rings. The van der Waals surface area contributed by atoms with Gasteiger partial charge in [0.2, 0.25) is 11.8 Å². The minimum Gasteiger partial charge on any atom is -0.378 e. The van der Waals surface area contributed by atoms with Gasteiger partial charge < -0.3 is 15.1 Å². The Morgan fingerprint density at radius 3 is 2.32 bits per heavy atom. The van der Waals surface area contributed by atoms with Crippen LogP contribution in [0.4, 0.5) is 5.69 Å². The molecule has 134 valence electrons. The lowest BCUT2D eigenvalue weighted by Gasteiger charge is -2.22. The van der Waals surface area contributed by atoms with E-state index >= 15 is 0 Å². The topological polar surface area (TPSA) is 52.7 Å². The monoisotopic (exact) mass is 359 g/mol. The molecule has 0 radical (unpaired) electrons. The predicted octanol–water partition coefficient (Wildman–Crippen LogP) is 3.04. The number of hydrogen-bond donors (Lipinski definition) is 1. The van der Waals surface area contributed by atoms with Crippen molar-refractivity contribution in [3.63, 3.8) is 0 Å². The van der Waals surface area contributed by atoms with Crippen molar-refractivity contribution < 1.29 is 9.59 Å². The van der Waals surface area contributed by atoms with E-state index in [1.165, 1.54) is 6.92 Å². The van der Waals surface area contributed by atoms with Gasteiger partial charge >= 0.3 is 0 Å². The van der Waals surface area contributed by atoms with Crippen LogP contribution in [0.5, 0.6) is 0 Å². The molecule has 1 atom stereocenters. The van der Waals surface area contributed by atoms with Crippen molar-refractivity contribution in [1.82, 2.24) is 10.2 Å². The van der Waals surface area contributed by atoms with Crippen LogP contribution in [0.3, 0.4) is 0 Å². The van der Waals surface area contributed by atoms with E-state index in [9.17, 15) is 9.59 Å². The third-order valence-electron chi connectivity index (χ3n) is 3.94. The highest BCUT2D eigenvalue weighted by Crippen LogP contribution is 2.23. The van der Waals surface area contributed by atoms with Gasteiger partial charge in [0.15, 0.2) is 0 Å². The van der Waals surface area contributed by atoms with Crippen LogP contribution in [0.1, 0.15) is 29.8 Å². The molecule has 0 saturated heterocycles. The van der Waals surface area contributed by atoms with Crippen LogP contribution < -0.4 is 10.2 Å². The largest absolute Gasteiger partial charge is 0.378 e. The summed E-state index contributed by atoms with van der Waals surface area (Å²) in [6.45, 7) is 2.02. The second-order valence-electron chi connectivity index (χ2n) is 6.28. The highest BCUT2D eigenvalue weighted by molar-refractivity contribution is 7.10. The lowest BCUT2D eigenvalue weighted by atomic mass is 10.1. The van der Waals surface area contributed by atoms with E-state index in [-0.39, 0.29) is 24.3 Å². The van der Waals surface area contributed by atoms with E-state index in [1.54, 1.807) is 23.3 Å². The van der Waals surface area contributed by atoms with E-state index in [1.807, 2.05) is 60.8 Å². The number of amides is 2. The molecule has 2 rings (SSSR count). The Labute approximate surface area is 153 Å². The van der Waals surface area contributed by atoms with Crippen LogP contribution in [-0.4, -0.2) is 37.9 Å². The van der Waals surface area contributed by atoms with Crippen molar-refractivity contribution in [3.05, 3.63) is 52.2 Å². The van der Waals surface area contributed by atoms with Gasteiger partial charge in [0.1, 0.15) is 0 Å². The quantitative estimate of drug-likeness (QED) is 0.827. The molecule has 1 aromatic carbocycles.